The molecule has 1 aromatic carbocycles. The number of halogens is 1. The van der Waals surface area contributed by atoms with Gasteiger partial charge in [0.1, 0.15) is 5.82 Å². The SMILES string of the molecule is O=C(CCSCCN1CCOCC1)Nc1ccc(F)cc1. The van der Waals surface area contributed by atoms with E-state index in [1.807, 2.05) is 0 Å². The zero-order valence-electron chi connectivity index (χ0n) is 12.0. The number of nitrogens with one attached hydrogen (secondary N) is 1. The Labute approximate surface area is 129 Å². The van der Waals surface area contributed by atoms with Gasteiger partial charge in [-0.2, -0.15) is 11.8 Å². The monoisotopic (exact) mass is 312 g/mol. The van der Waals surface area contributed by atoms with E-state index in [1.165, 1.54) is 12.1 Å². The number of carbonyl (C=O) groups is 1. The van der Waals surface area contributed by atoms with E-state index in [4.69, 9.17) is 4.74 Å². The molecule has 1 aromatic rings. The van der Waals surface area contributed by atoms with Gasteiger partial charge in [0, 0.05) is 43.2 Å². The summed E-state index contributed by atoms with van der Waals surface area (Å²) in [7, 11) is 0. The topological polar surface area (TPSA) is 41.6 Å². The molecule has 0 atom stereocenters. The number of benzene rings is 1. The van der Waals surface area contributed by atoms with Gasteiger partial charge in [-0.25, -0.2) is 4.39 Å². The van der Waals surface area contributed by atoms with E-state index >= 15 is 0 Å². The molecule has 1 aliphatic heterocycles. The van der Waals surface area contributed by atoms with Crippen molar-refractivity contribution in [3.63, 3.8) is 0 Å². The Kier molecular flexibility index (Phi) is 6.99. The van der Waals surface area contributed by atoms with E-state index in [0.29, 0.717) is 12.1 Å². The van der Waals surface area contributed by atoms with Crippen molar-refractivity contribution in [2.45, 2.75) is 6.42 Å². The minimum atomic E-state index is -0.299. The summed E-state index contributed by atoms with van der Waals surface area (Å²) >= 11 is 1.78. The van der Waals surface area contributed by atoms with Gasteiger partial charge in [0.15, 0.2) is 0 Å². The standard InChI is InChI=1S/C15H21FN2O2S/c16-13-1-3-14(4-2-13)17-15(19)5-11-21-12-8-18-6-9-20-10-7-18/h1-4H,5-12H2,(H,17,19). The number of carbonyl (C=O) groups excluding carboxylic acids is 1. The highest BCUT2D eigenvalue weighted by atomic mass is 32.2. The molecule has 1 fully saturated rings. The molecule has 0 radical (unpaired) electrons. The molecule has 0 aromatic heterocycles. The number of thioether (sulfide) groups is 1. The van der Waals surface area contributed by atoms with Crippen LogP contribution in [0, 0.1) is 5.82 Å². The Morgan fingerprint density at radius 2 is 1.95 bits per heavy atom. The molecular weight excluding hydrogens is 291 g/mol. The first-order valence-corrected chi connectivity index (χ1v) is 8.33. The van der Waals surface area contributed by atoms with E-state index < -0.39 is 0 Å². The molecule has 1 heterocycles. The smallest absolute Gasteiger partial charge is 0.225 e. The molecule has 0 saturated carbocycles. The van der Waals surface area contributed by atoms with Gasteiger partial charge < -0.3 is 10.1 Å². The Morgan fingerprint density at radius 1 is 1.24 bits per heavy atom. The quantitative estimate of drug-likeness (QED) is 0.784. The van der Waals surface area contributed by atoms with E-state index in [1.54, 1.807) is 23.9 Å². The zero-order chi connectivity index (χ0) is 14.9. The van der Waals surface area contributed by atoms with Crippen molar-refractivity contribution in [1.82, 2.24) is 4.90 Å². The average molecular weight is 312 g/mol. The number of nitrogens with zero attached hydrogens (tertiary/aromatic N) is 1. The van der Waals surface area contributed by atoms with Crippen LogP contribution in [0.1, 0.15) is 6.42 Å². The third-order valence-electron chi connectivity index (χ3n) is 3.26. The number of anilines is 1. The summed E-state index contributed by atoms with van der Waals surface area (Å²) in [5.74, 6) is 1.51. The van der Waals surface area contributed by atoms with Gasteiger partial charge in [0.2, 0.25) is 5.91 Å². The predicted molar refractivity (Wildman–Crippen MR) is 84.2 cm³/mol. The highest BCUT2D eigenvalue weighted by Crippen LogP contribution is 2.10. The Hall–Kier alpha value is -1.11. The van der Waals surface area contributed by atoms with Gasteiger partial charge in [0.25, 0.3) is 0 Å². The average Bonchev–Trinajstić information content (AvgIpc) is 2.50. The molecule has 0 bridgehead atoms. The molecule has 6 heteroatoms. The fraction of sp³-hybridized carbons (Fsp3) is 0.533. The summed E-state index contributed by atoms with van der Waals surface area (Å²) in [6, 6.07) is 5.82. The van der Waals surface area contributed by atoms with Crippen LogP contribution in [0.5, 0.6) is 0 Å². The summed E-state index contributed by atoms with van der Waals surface area (Å²) in [5, 5.41) is 2.76. The van der Waals surface area contributed by atoms with Gasteiger partial charge in [0.05, 0.1) is 13.2 Å². The van der Waals surface area contributed by atoms with Crippen LogP contribution < -0.4 is 5.32 Å². The van der Waals surface area contributed by atoms with Crippen molar-refractivity contribution in [1.29, 1.82) is 0 Å². The van der Waals surface area contributed by atoms with Crippen LogP contribution in [0.25, 0.3) is 0 Å². The van der Waals surface area contributed by atoms with Crippen LogP contribution in [0.3, 0.4) is 0 Å². The van der Waals surface area contributed by atoms with E-state index in [9.17, 15) is 9.18 Å². The molecular formula is C15H21FN2O2S. The summed E-state index contributed by atoms with van der Waals surface area (Å²) in [5.41, 5.74) is 0.639. The molecule has 1 saturated heterocycles. The third kappa shape index (κ3) is 6.46. The lowest BCUT2D eigenvalue weighted by Gasteiger charge is -2.26. The number of hydrogen-bond donors (Lipinski definition) is 1. The van der Waals surface area contributed by atoms with Crippen LogP contribution in [-0.2, 0) is 9.53 Å². The van der Waals surface area contributed by atoms with Crippen LogP contribution in [0.4, 0.5) is 10.1 Å². The van der Waals surface area contributed by atoms with Crippen molar-refractivity contribution in [3.05, 3.63) is 30.1 Å². The molecule has 0 unspecified atom stereocenters. The summed E-state index contributed by atoms with van der Waals surface area (Å²) < 4.78 is 18.0. The van der Waals surface area contributed by atoms with Crippen LogP contribution >= 0.6 is 11.8 Å². The second-order valence-electron chi connectivity index (χ2n) is 4.87. The summed E-state index contributed by atoms with van der Waals surface area (Å²) in [4.78, 5) is 14.1. The maximum Gasteiger partial charge on any atom is 0.225 e. The lowest BCUT2D eigenvalue weighted by atomic mass is 10.3. The normalized spacial score (nSPS) is 15.9. The Balaban J connectivity index is 1.53. The number of amides is 1. The van der Waals surface area contributed by atoms with Crippen LogP contribution in [0.2, 0.25) is 0 Å². The Bertz CT molecular complexity index is 436. The van der Waals surface area contributed by atoms with Crippen molar-refractivity contribution >= 4 is 23.4 Å². The number of morpholine rings is 1. The highest BCUT2D eigenvalue weighted by Gasteiger charge is 2.09. The lowest BCUT2D eigenvalue weighted by Crippen LogP contribution is -2.37. The van der Waals surface area contributed by atoms with E-state index in [0.717, 1.165) is 44.4 Å². The lowest BCUT2D eigenvalue weighted by molar-refractivity contribution is -0.115. The molecule has 1 aliphatic rings. The first kappa shape index (κ1) is 16.3. The summed E-state index contributed by atoms with van der Waals surface area (Å²) in [6.45, 7) is 4.71. The van der Waals surface area contributed by atoms with Gasteiger partial charge in [-0.05, 0) is 24.3 Å². The minimum Gasteiger partial charge on any atom is -0.379 e. The molecule has 21 heavy (non-hydrogen) atoms. The second kappa shape index (κ2) is 9.02. The number of ether oxygens (including phenoxy) is 1. The number of hydrogen-bond acceptors (Lipinski definition) is 4. The van der Waals surface area contributed by atoms with Crippen molar-refractivity contribution < 1.29 is 13.9 Å². The maximum absolute atomic E-state index is 12.7. The fourth-order valence-corrected chi connectivity index (χ4v) is 2.96. The highest BCUT2D eigenvalue weighted by molar-refractivity contribution is 7.99. The van der Waals surface area contributed by atoms with Crippen LogP contribution in [-0.4, -0.2) is 55.2 Å². The van der Waals surface area contributed by atoms with Gasteiger partial charge >= 0.3 is 0 Å². The van der Waals surface area contributed by atoms with Crippen molar-refractivity contribution in [2.24, 2.45) is 0 Å². The summed E-state index contributed by atoms with van der Waals surface area (Å²) in [6.07, 6.45) is 0.477. The molecule has 1 N–H and O–H groups in total. The van der Waals surface area contributed by atoms with Gasteiger partial charge in [-0.3, -0.25) is 9.69 Å². The molecule has 0 spiro atoms. The maximum atomic E-state index is 12.7. The molecule has 116 valence electrons. The first-order valence-electron chi connectivity index (χ1n) is 7.17. The van der Waals surface area contributed by atoms with Gasteiger partial charge in [-0.15, -0.1) is 0 Å². The molecule has 0 aliphatic carbocycles. The zero-order valence-corrected chi connectivity index (χ0v) is 12.8. The third-order valence-corrected chi connectivity index (χ3v) is 4.22. The van der Waals surface area contributed by atoms with E-state index in [2.05, 4.69) is 10.2 Å². The largest absolute Gasteiger partial charge is 0.379 e. The first-order chi connectivity index (χ1) is 10.2. The second-order valence-corrected chi connectivity index (χ2v) is 6.10. The predicted octanol–water partition coefficient (Wildman–Crippen LogP) is 2.22. The van der Waals surface area contributed by atoms with Crippen molar-refractivity contribution in [3.8, 4) is 0 Å². The number of rotatable bonds is 7. The van der Waals surface area contributed by atoms with Crippen LogP contribution in [0.15, 0.2) is 24.3 Å². The molecule has 2 rings (SSSR count). The van der Waals surface area contributed by atoms with E-state index in [-0.39, 0.29) is 11.7 Å². The van der Waals surface area contributed by atoms with Crippen molar-refractivity contribution in [2.75, 3.05) is 49.7 Å². The Morgan fingerprint density at radius 3 is 2.67 bits per heavy atom. The fourth-order valence-electron chi connectivity index (χ4n) is 2.04. The molecule has 1 amide bonds. The van der Waals surface area contributed by atoms with Gasteiger partial charge in [-0.1, -0.05) is 0 Å². The molecule has 4 nitrogen and oxygen atoms in total. The minimum absolute atomic E-state index is 0.0273.